The molecule has 2 heterocycles. The third-order valence-corrected chi connectivity index (χ3v) is 8.23. The van der Waals surface area contributed by atoms with Crippen molar-refractivity contribution in [3.8, 4) is 0 Å². The van der Waals surface area contributed by atoms with Crippen molar-refractivity contribution >= 4 is 29.3 Å². The topological polar surface area (TPSA) is 151 Å². The third-order valence-electron chi connectivity index (χ3n) is 8.23. The quantitative estimate of drug-likeness (QED) is 0.318. The van der Waals surface area contributed by atoms with Crippen LogP contribution in [0.4, 0.5) is 5.69 Å². The fraction of sp³-hybridized carbons (Fsp3) is 0.581. The molecule has 1 aromatic heterocycles. The lowest BCUT2D eigenvalue weighted by Crippen LogP contribution is -2.54. The van der Waals surface area contributed by atoms with Gasteiger partial charge in [-0.25, -0.2) is 0 Å². The summed E-state index contributed by atoms with van der Waals surface area (Å²) in [6, 6.07) is 8.32. The van der Waals surface area contributed by atoms with Crippen molar-refractivity contribution in [2.75, 3.05) is 31.5 Å². The van der Waals surface area contributed by atoms with Crippen LogP contribution < -0.4 is 21.7 Å². The van der Waals surface area contributed by atoms with Gasteiger partial charge in [-0.3, -0.25) is 23.9 Å². The van der Waals surface area contributed by atoms with Crippen molar-refractivity contribution in [2.24, 2.45) is 11.7 Å². The van der Waals surface area contributed by atoms with Gasteiger partial charge in [0.15, 0.2) is 0 Å². The van der Waals surface area contributed by atoms with E-state index >= 15 is 0 Å². The Balaban J connectivity index is 1.52. The minimum atomic E-state index is -0.656. The maximum Gasteiger partial charge on any atom is 0.266 e. The van der Waals surface area contributed by atoms with E-state index in [0.717, 1.165) is 57.2 Å². The number of primary amides is 1. The second-order valence-electron chi connectivity index (χ2n) is 11.8. The van der Waals surface area contributed by atoms with Crippen molar-refractivity contribution in [1.29, 1.82) is 0 Å². The summed E-state index contributed by atoms with van der Waals surface area (Å²) in [7, 11) is 0. The number of carbonyl (C=O) groups is 4. The monoisotopic (exact) mass is 579 g/mol. The molecule has 2 atom stereocenters. The van der Waals surface area contributed by atoms with E-state index in [1.54, 1.807) is 15.6 Å². The van der Waals surface area contributed by atoms with E-state index in [9.17, 15) is 19.2 Å². The van der Waals surface area contributed by atoms with Crippen LogP contribution in [0.2, 0.25) is 0 Å². The van der Waals surface area contributed by atoms with E-state index in [1.807, 2.05) is 38.1 Å². The molecule has 5 N–H and O–H groups in total. The van der Waals surface area contributed by atoms with Gasteiger partial charge in [0.05, 0.1) is 11.6 Å². The van der Waals surface area contributed by atoms with Crippen molar-refractivity contribution in [2.45, 2.75) is 83.7 Å². The number of nitrogens with zero attached hydrogens (tertiary/aromatic N) is 3. The summed E-state index contributed by atoms with van der Waals surface area (Å²) in [5.74, 6) is -1.47. The summed E-state index contributed by atoms with van der Waals surface area (Å²) < 4.78 is 1.61. The number of benzene rings is 1. The Morgan fingerprint density at radius 1 is 1.02 bits per heavy atom. The van der Waals surface area contributed by atoms with Gasteiger partial charge in [-0.05, 0) is 56.4 Å². The molecule has 1 saturated heterocycles. The van der Waals surface area contributed by atoms with Gasteiger partial charge in [0.25, 0.3) is 5.91 Å². The Morgan fingerprint density at radius 3 is 2.21 bits per heavy atom. The molecule has 0 spiro atoms. The normalized spacial score (nSPS) is 17.8. The van der Waals surface area contributed by atoms with E-state index in [1.165, 1.54) is 6.92 Å². The Kier molecular flexibility index (Phi) is 10.7. The van der Waals surface area contributed by atoms with Crippen molar-refractivity contribution < 1.29 is 19.2 Å². The number of rotatable bonds is 10. The molecule has 11 nitrogen and oxygen atoms in total. The second kappa shape index (κ2) is 14.4. The summed E-state index contributed by atoms with van der Waals surface area (Å²) >= 11 is 0. The highest BCUT2D eigenvalue weighted by atomic mass is 16.2. The number of nitrogens with one attached hydrogen (secondary N) is 3. The maximum atomic E-state index is 13.9. The molecule has 0 unspecified atom stereocenters. The fourth-order valence-corrected chi connectivity index (χ4v) is 6.11. The molecule has 1 aromatic carbocycles. The van der Waals surface area contributed by atoms with Gasteiger partial charge in [0.1, 0.15) is 11.7 Å². The predicted molar refractivity (Wildman–Crippen MR) is 161 cm³/mol. The highest BCUT2D eigenvalue weighted by molar-refractivity contribution is 5.97. The molecule has 0 bridgehead atoms. The lowest BCUT2D eigenvalue weighted by molar-refractivity contribution is -0.136. The number of hydrogen-bond donors (Lipinski definition) is 4. The molecule has 11 heteroatoms. The SMILES string of the molecule is CC(=O)N[C@H](Cc1ccc(NC(=O)[C@H](c2cc(C(N)=O)n(C(C)C)n2)C2CCCCCC2)cc1)C(=O)N1CCNCC1. The zero-order chi connectivity index (χ0) is 30.2. The molecule has 2 fully saturated rings. The first-order valence-electron chi connectivity index (χ1n) is 15.2. The van der Waals surface area contributed by atoms with Gasteiger partial charge in [-0.15, -0.1) is 0 Å². The lowest BCUT2D eigenvalue weighted by atomic mass is 9.83. The van der Waals surface area contributed by atoms with E-state index < -0.39 is 17.9 Å². The molecule has 1 saturated carbocycles. The molecule has 4 amide bonds. The van der Waals surface area contributed by atoms with Crippen LogP contribution in [-0.2, 0) is 20.8 Å². The van der Waals surface area contributed by atoms with Crippen LogP contribution >= 0.6 is 0 Å². The van der Waals surface area contributed by atoms with Crippen LogP contribution in [0.25, 0.3) is 0 Å². The number of nitrogens with two attached hydrogens (primary N) is 1. The van der Waals surface area contributed by atoms with E-state index in [4.69, 9.17) is 10.8 Å². The number of aromatic nitrogens is 2. The molecular formula is C31H45N7O4. The summed E-state index contributed by atoms with van der Waals surface area (Å²) in [6.45, 7) is 7.96. The highest BCUT2D eigenvalue weighted by Gasteiger charge is 2.34. The maximum absolute atomic E-state index is 13.9. The first kappa shape index (κ1) is 31.2. The Bertz CT molecular complexity index is 1240. The standard InChI is InChI=1S/C31H45N7O4/c1-20(2)38-27(29(32)40)19-25(36-38)28(23-8-6-4-5-7-9-23)30(41)35-24-12-10-22(11-13-24)18-26(34-21(3)39)31(42)37-16-14-33-15-17-37/h10-13,19-20,23,26,28,33H,4-9,14-18H2,1-3H3,(H2,32,40)(H,34,39)(H,35,41)/t26-,28+/m1/s1. The van der Waals surface area contributed by atoms with Gasteiger partial charge < -0.3 is 26.6 Å². The van der Waals surface area contributed by atoms with Crippen LogP contribution in [-0.4, -0.2) is 70.5 Å². The summed E-state index contributed by atoms with van der Waals surface area (Å²) in [4.78, 5) is 52.8. The molecule has 1 aliphatic heterocycles. The molecule has 2 aliphatic rings. The van der Waals surface area contributed by atoms with Gasteiger partial charge in [0.2, 0.25) is 17.7 Å². The van der Waals surface area contributed by atoms with Crippen molar-refractivity contribution in [3.05, 3.63) is 47.3 Å². The smallest absolute Gasteiger partial charge is 0.266 e. The van der Waals surface area contributed by atoms with Gasteiger partial charge in [-0.2, -0.15) is 5.10 Å². The van der Waals surface area contributed by atoms with Gasteiger partial charge in [-0.1, -0.05) is 37.8 Å². The summed E-state index contributed by atoms with van der Waals surface area (Å²) in [5, 5.41) is 13.8. The molecule has 1 aliphatic carbocycles. The Morgan fingerprint density at radius 2 is 1.67 bits per heavy atom. The molecule has 4 rings (SSSR count). The largest absolute Gasteiger partial charge is 0.364 e. The van der Waals surface area contributed by atoms with Crippen molar-refractivity contribution in [3.63, 3.8) is 0 Å². The Labute approximate surface area is 248 Å². The zero-order valence-electron chi connectivity index (χ0n) is 25.0. The van der Waals surface area contributed by atoms with Crippen LogP contribution in [0.1, 0.15) is 93.0 Å². The minimum Gasteiger partial charge on any atom is -0.364 e. The zero-order valence-corrected chi connectivity index (χ0v) is 25.0. The molecule has 0 radical (unpaired) electrons. The van der Waals surface area contributed by atoms with Crippen LogP contribution in [0.5, 0.6) is 0 Å². The molecule has 228 valence electrons. The lowest BCUT2D eigenvalue weighted by Gasteiger charge is -2.31. The van der Waals surface area contributed by atoms with Gasteiger partial charge in [0, 0.05) is 51.3 Å². The number of amides is 4. The number of carbonyl (C=O) groups excluding carboxylic acids is 4. The van der Waals surface area contributed by atoms with E-state index in [-0.39, 0.29) is 29.7 Å². The van der Waals surface area contributed by atoms with E-state index in [0.29, 0.717) is 36.6 Å². The number of hydrogen-bond acceptors (Lipinski definition) is 6. The second-order valence-corrected chi connectivity index (χ2v) is 11.8. The third kappa shape index (κ3) is 7.96. The molecule has 2 aromatic rings. The van der Waals surface area contributed by atoms with Crippen molar-refractivity contribution in [1.82, 2.24) is 25.3 Å². The highest BCUT2D eigenvalue weighted by Crippen LogP contribution is 2.36. The molecule has 42 heavy (non-hydrogen) atoms. The minimum absolute atomic E-state index is 0.0774. The first-order chi connectivity index (χ1) is 20.1. The fourth-order valence-electron chi connectivity index (χ4n) is 6.11. The first-order valence-corrected chi connectivity index (χ1v) is 15.2. The summed E-state index contributed by atoms with van der Waals surface area (Å²) in [5.41, 5.74) is 8.04. The van der Waals surface area contributed by atoms with Crippen LogP contribution in [0.15, 0.2) is 30.3 Å². The van der Waals surface area contributed by atoms with Gasteiger partial charge >= 0.3 is 0 Å². The Hall–Kier alpha value is -3.73. The number of piperazine rings is 1. The van der Waals surface area contributed by atoms with Crippen LogP contribution in [0, 0.1) is 5.92 Å². The molecular weight excluding hydrogens is 534 g/mol. The van der Waals surface area contributed by atoms with E-state index in [2.05, 4.69) is 16.0 Å². The predicted octanol–water partition coefficient (Wildman–Crippen LogP) is 2.73. The number of anilines is 1. The average Bonchev–Trinajstić information content (AvgIpc) is 3.24. The van der Waals surface area contributed by atoms with Crippen LogP contribution in [0.3, 0.4) is 0 Å². The average molecular weight is 580 g/mol. The summed E-state index contributed by atoms with van der Waals surface area (Å²) in [6.07, 6.45) is 6.60.